The lowest BCUT2D eigenvalue weighted by Gasteiger charge is -2.13. The van der Waals surface area contributed by atoms with Crippen LogP contribution in [0.15, 0.2) is 6.07 Å². The molecule has 19 heavy (non-hydrogen) atoms. The first-order chi connectivity index (χ1) is 9.00. The van der Waals surface area contributed by atoms with Crippen LogP contribution in [-0.2, 0) is 9.59 Å². The maximum atomic E-state index is 11.7. The van der Waals surface area contributed by atoms with E-state index in [0.717, 1.165) is 11.7 Å². The molecule has 1 N–H and O–H groups in total. The summed E-state index contributed by atoms with van der Waals surface area (Å²) in [4.78, 5) is 35.1. The number of anilines is 1. The Bertz CT molecular complexity index is 759. The molecular weight excluding hydrogens is 315 g/mol. The molecule has 7 nitrogen and oxygen atoms in total. The quantitative estimate of drug-likeness (QED) is 0.637. The first-order valence-corrected chi connectivity index (χ1v) is 6.29. The third kappa shape index (κ3) is 1.68. The third-order valence-electron chi connectivity index (χ3n) is 2.46. The SMILES string of the molecule is O=C1NC(=O)N(c2c(Cl)cc(Cl)c3nsnc23)C1=O. The van der Waals surface area contributed by atoms with Gasteiger partial charge in [0, 0.05) is 0 Å². The standard InChI is InChI=1S/C9H2Cl2N4O3S/c10-2-1-3(11)6(5-4(2)13-19-14-5)15-8(17)7(16)12-9(15)18/h1H,(H,12,16,18). The summed E-state index contributed by atoms with van der Waals surface area (Å²) in [5.74, 6) is -2.05. The summed E-state index contributed by atoms with van der Waals surface area (Å²) in [6.07, 6.45) is 0. The van der Waals surface area contributed by atoms with Crippen molar-refractivity contribution in [2.75, 3.05) is 4.90 Å². The van der Waals surface area contributed by atoms with E-state index in [1.54, 1.807) is 0 Å². The van der Waals surface area contributed by atoms with Crippen molar-refractivity contribution in [1.29, 1.82) is 0 Å². The van der Waals surface area contributed by atoms with Gasteiger partial charge in [0.2, 0.25) is 0 Å². The van der Waals surface area contributed by atoms with E-state index in [-0.39, 0.29) is 21.2 Å². The zero-order valence-corrected chi connectivity index (χ0v) is 11.1. The summed E-state index contributed by atoms with van der Waals surface area (Å²) in [6.45, 7) is 0. The molecule has 3 rings (SSSR count). The second-order valence-electron chi connectivity index (χ2n) is 3.55. The van der Waals surface area contributed by atoms with Crippen LogP contribution in [0.4, 0.5) is 10.5 Å². The van der Waals surface area contributed by atoms with Crippen LogP contribution < -0.4 is 10.2 Å². The lowest BCUT2D eigenvalue weighted by Crippen LogP contribution is -2.31. The fourth-order valence-corrected chi connectivity index (χ4v) is 2.87. The number of hydrogen-bond donors (Lipinski definition) is 1. The Balaban J connectivity index is 2.31. The van der Waals surface area contributed by atoms with Gasteiger partial charge >= 0.3 is 17.8 Å². The number of urea groups is 1. The molecule has 0 unspecified atom stereocenters. The Morgan fingerprint density at radius 2 is 1.79 bits per heavy atom. The van der Waals surface area contributed by atoms with E-state index in [4.69, 9.17) is 23.2 Å². The second-order valence-corrected chi connectivity index (χ2v) is 4.89. The van der Waals surface area contributed by atoms with Crippen molar-refractivity contribution in [3.05, 3.63) is 16.1 Å². The number of aromatic nitrogens is 2. The average Bonchev–Trinajstić information content (AvgIpc) is 2.90. The normalized spacial score (nSPS) is 15.5. The maximum absolute atomic E-state index is 11.7. The summed E-state index contributed by atoms with van der Waals surface area (Å²) >= 11 is 12.8. The highest BCUT2D eigenvalue weighted by Gasteiger charge is 2.40. The number of benzene rings is 1. The summed E-state index contributed by atoms with van der Waals surface area (Å²) in [5.41, 5.74) is 0.509. The molecular formula is C9H2Cl2N4O3S. The third-order valence-corrected chi connectivity index (χ3v) is 3.57. The highest BCUT2D eigenvalue weighted by Crippen LogP contribution is 2.38. The lowest BCUT2D eigenvalue weighted by molar-refractivity contribution is -0.134. The van der Waals surface area contributed by atoms with Crippen LogP contribution in [0.5, 0.6) is 0 Å². The Morgan fingerprint density at radius 3 is 2.42 bits per heavy atom. The molecule has 96 valence electrons. The number of carbonyl (C=O) groups is 3. The number of halogens is 2. The largest absolute Gasteiger partial charge is 0.336 e. The van der Waals surface area contributed by atoms with E-state index in [0.29, 0.717) is 10.4 Å². The van der Waals surface area contributed by atoms with Crippen molar-refractivity contribution in [1.82, 2.24) is 14.1 Å². The van der Waals surface area contributed by atoms with Gasteiger partial charge in [-0.2, -0.15) is 8.75 Å². The molecule has 10 heteroatoms. The van der Waals surface area contributed by atoms with Gasteiger partial charge in [0.15, 0.2) is 0 Å². The number of nitrogens with one attached hydrogen (secondary N) is 1. The highest BCUT2D eigenvalue weighted by atomic mass is 35.5. The fraction of sp³-hybridized carbons (Fsp3) is 0. The number of carbonyl (C=O) groups excluding carboxylic acids is 3. The molecule has 1 aliphatic rings. The van der Waals surface area contributed by atoms with Gasteiger partial charge in [-0.05, 0) is 6.07 Å². The van der Waals surface area contributed by atoms with Crippen molar-refractivity contribution in [3.8, 4) is 0 Å². The molecule has 1 aromatic heterocycles. The molecule has 0 aliphatic carbocycles. The summed E-state index contributed by atoms with van der Waals surface area (Å²) < 4.78 is 7.90. The predicted octanol–water partition coefficient (Wildman–Crippen LogP) is 1.58. The van der Waals surface area contributed by atoms with Crippen molar-refractivity contribution in [2.45, 2.75) is 0 Å². The van der Waals surface area contributed by atoms with Crippen LogP contribution in [0.25, 0.3) is 11.0 Å². The second kappa shape index (κ2) is 4.12. The zero-order valence-electron chi connectivity index (χ0n) is 8.81. The van der Waals surface area contributed by atoms with E-state index in [9.17, 15) is 14.4 Å². The van der Waals surface area contributed by atoms with Crippen molar-refractivity contribution in [2.24, 2.45) is 0 Å². The maximum Gasteiger partial charge on any atom is 0.336 e. The van der Waals surface area contributed by atoms with E-state index < -0.39 is 17.8 Å². The zero-order chi connectivity index (χ0) is 13.7. The van der Waals surface area contributed by atoms with E-state index in [1.807, 2.05) is 5.32 Å². The summed E-state index contributed by atoms with van der Waals surface area (Å²) in [7, 11) is 0. The summed E-state index contributed by atoms with van der Waals surface area (Å²) in [6, 6.07) is 0.458. The minimum atomic E-state index is -1.02. The molecule has 4 amide bonds. The van der Waals surface area contributed by atoms with Crippen LogP contribution in [0.3, 0.4) is 0 Å². The van der Waals surface area contributed by atoms with Gasteiger partial charge in [-0.25, -0.2) is 9.69 Å². The van der Waals surface area contributed by atoms with Crippen LogP contribution in [0.1, 0.15) is 0 Å². The van der Waals surface area contributed by atoms with E-state index in [2.05, 4.69) is 8.75 Å². The van der Waals surface area contributed by atoms with Crippen LogP contribution >= 0.6 is 34.9 Å². The predicted molar refractivity (Wildman–Crippen MR) is 68.5 cm³/mol. The number of nitrogens with zero attached hydrogens (tertiary/aromatic N) is 3. The molecule has 0 spiro atoms. The first kappa shape index (κ1) is 12.3. The minimum Gasteiger partial charge on any atom is -0.269 e. The number of fused-ring (bicyclic) bond motifs is 1. The van der Waals surface area contributed by atoms with Crippen molar-refractivity contribution >= 4 is 69.5 Å². The minimum absolute atomic E-state index is 0.00293. The average molecular weight is 317 g/mol. The van der Waals surface area contributed by atoms with Gasteiger partial charge in [0.05, 0.1) is 21.8 Å². The monoisotopic (exact) mass is 316 g/mol. The van der Waals surface area contributed by atoms with E-state index in [1.165, 1.54) is 6.07 Å². The van der Waals surface area contributed by atoms with Gasteiger partial charge in [0.25, 0.3) is 0 Å². The Labute approximate surface area is 119 Å². The van der Waals surface area contributed by atoms with Crippen molar-refractivity contribution in [3.63, 3.8) is 0 Å². The molecule has 1 fully saturated rings. The molecule has 1 aromatic carbocycles. The topological polar surface area (TPSA) is 92.3 Å². The fourth-order valence-electron chi connectivity index (χ4n) is 1.68. The van der Waals surface area contributed by atoms with Crippen molar-refractivity contribution < 1.29 is 14.4 Å². The van der Waals surface area contributed by atoms with Crippen LogP contribution in [-0.4, -0.2) is 26.6 Å². The molecule has 0 radical (unpaired) electrons. The molecule has 0 bridgehead atoms. The lowest BCUT2D eigenvalue weighted by atomic mass is 10.2. The smallest absolute Gasteiger partial charge is 0.269 e. The summed E-state index contributed by atoms with van der Waals surface area (Å²) in [5, 5.41) is 2.15. The number of imide groups is 2. The van der Waals surface area contributed by atoms with E-state index >= 15 is 0 Å². The molecule has 1 saturated heterocycles. The van der Waals surface area contributed by atoms with Crippen LogP contribution in [0, 0.1) is 0 Å². The van der Waals surface area contributed by atoms with Gasteiger partial charge in [0.1, 0.15) is 16.7 Å². The van der Waals surface area contributed by atoms with Gasteiger partial charge < -0.3 is 0 Å². The number of rotatable bonds is 1. The van der Waals surface area contributed by atoms with Gasteiger partial charge in [-0.1, -0.05) is 23.2 Å². The highest BCUT2D eigenvalue weighted by molar-refractivity contribution is 7.00. The molecule has 0 saturated carbocycles. The first-order valence-electron chi connectivity index (χ1n) is 4.80. The Kier molecular flexibility index (Phi) is 2.66. The number of hydrogen-bond acceptors (Lipinski definition) is 6. The van der Waals surface area contributed by atoms with Gasteiger partial charge in [-0.15, -0.1) is 0 Å². The Morgan fingerprint density at radius 1 is 1.11 bits per heavy atom. The molecule has 0 atom stereocenters. The molecule has 1 aliphatic heterocycles. The number of amides is 4. The Hall–Kier alpha value is -1.77. The van der Waals surface area contributed by atoms with Gasteiger partial charge in [-0.3, -0.25) is 14.9 Å². The molecule has 2 aromatic rings. The molecule has 2 heterocycles. The van der Waals surface area contributed by atoms with Crippen LogP contribution in [0.2, 0.25) is 10.0 Å².